The van der Waals surface area contributed by atoms with Gasteiger partial charge in [0.15, 0.2) is 0 Å². The Kier molecular flexibility index (Phi) is 5.23. The third-order valence-corrected chi connectivity index (χ3v) is 2.35. The Labute approximate surface area is 101 Å². The summed E-state index contributed by atoms with van der Waals surface area (Å²) >= 11 is 0. The van der Waals surface area contributed by atoms with Crippen LogP contribution in [-0.4, -0.2) is 24.7 Å². The molecule has 0 aromatic heterocycles. The van der Waals surface area contributed by atoms with Gasteiger partial charge in [-0.05, 0) is 24.6 Å². The summed E-state index contributed by atoms with van der Waals surface area (Å²) in [5, 5.41) is 11.8. The molecule has 17 heavy (non-hydrogen) atoms. The first-order valence-corrected chi connectivity index (χ1v) is 5.37. The number of carboxylic acids is 1. The highest BCUT2D eigenvalue weighted by atomic mass is 16.5. The molecule has 0 spiro atoms. The Bertz CT molecular complexity index is 413. The minimum atomic E-state index is -0.881. The number of aliphatic carboxylic acids is 1. The average molecular weight is 235 g/mol. The monoisotopic (exact) mass is 235 g/mol. The van der Waals surface area contributed by atoms with Crippen LogP contribution in [0.5, 0.6) is 5.75 Å². The van der Waals surface area contributed by atoms with Crippen molar-refractivity contribution in [1.29, 1.82) is 0 Å². The zero-order valence-corrected chi connectivity index (χ0v) is 10.1. The van der Waals surface area contributed by atoms with Crippen molar-refractivity contribution in [3.63, 3.8) is 0 Å². The van der Waals surface area contributed by atoms with Crippen LogP contribution in [0.2, 0.25) is 0 Å². The van der Waals surface area contributed by atoms with Crippen LogP contribution >= 0.6 is 0 Å². The number of ether oxygens (including phenoxy) is 1. The first kappa shape index (κ1) is 13.3. The van der Waals surface area contributed by atoms with Crippen molar-refractivity contribution in [2.45, 2.75) is 13.5 Å². The van der Waals surface area contributed by atoms with Gasteiger partial charge in [0, 0.05) is 18.7 Å². The van der Waals surface area contributed by atoms with E-state index in [2.05, 4.69) is 5.32 Å². The maximum absolute atomic E-state index is 10.5. The molecule has 1 rings (SSSR count). The molecule has 4 heteroatoms. The molecular weight excluding hydrogens is 218 g/mol. The molecule has 0 radical (unpaired) electrons. The number of methoxy groups -OCH3 is 1. The summed E-state index contributed by atoms with van der Waals surface area (Å²) < 4.78 is 5.11. The Hall–Kier alpha value is -1.81. The summed E-state index contributed by atoms with van der Waals surface area (Å²) in [5.41, 5.74) is 1.45. The highest BCUT2D eigenvalue weighted by molar-refractivity contribution is 5.85. The second-order valence-electron chi connectivity index (χ2n) is 3.67. The Balaban J connectivity index is 2.40. The van der Waals surface area contributed by atoms with E-state index in [1.807, 2.05) is 24.3 Å². The number of hydrogen-bond donors (Lipinski definition) is 2. The first-order chi connectivity index (χ1) is 8.13. The van der Waals surface area contributed by atoms with E-state index in [9.17, 15) is 4.79 Å². The predicted octanol–water partition coefficient (Wildman–Crippen LogP) is 1.82. The van der Waals surface area contributed by atoms with Gasteiger partial charge in [0.05, 0.1) is 7.11 Å². The lowest BCUT2D eigenvalue weighted by molar-refractivity contribution is -0.132. The second-order valence-corrected chi connectivity index (χ2v) is 3.67. The van der Waals surface area contributed by atoms with Gasteiger partial charge < -0.3 is 15.2 Å². The smallest absolute Gasteiger partial charge is 0.330 e. The summed E-state index contributed by atoms with van der Waals surface area (Å²) in [6.07, 6.45) is 1.66. The topological polar surface area (TPSA) is 58.6 Å². The fraction of sp³-hybridized carbons (Fsp3) is 0.308. The van der Waals surface area contributed by atoms with Gasteiger partial charge in [0.25, 0.3) is 0 Å². The fourth-order valence-corrected chi connectivity index (χ4v) is 1.31. The number of nitrogens with one attached hydrogen (secondary N) is 1. The molecule has 92 valence electrons. The van der Waals surface area contributed by atoms with Crippen LogP contribution in [0, 0.1) is 0 Å². The number of carboxylic acid groups (broad SMARTS) is 1. The number of hydrogen-bond acceptors (Lipinski definition) is 3. The molecule has 0 aliphatic heterocycles. The van der Waals surface area contributed by atoms with E-state index in [1.165, 1.54) is 0 Å². The van der Waals surface area contributed by atoms with Crippen LogP contribution in [0.15, 0.2) is 35.9 Å². The zero-order chi connectivity index (χ0) is 12.7. The largest absolute Gasteiger partial charge is 0.497 e. The van der Waals surface area contributed by atoms with Crippen LogP contribution in [0.1, 0.15) is 12.5 Å². The van der Waals surface area contributed by atoms with Crippen molar-refractivity contribution in [3.8, 4) is 5.75 Å². The van der Waals surface area contributed by atoms with E-state index < -0.39 is 5.97 Å². The SMILES string of the molecule is COc1cccc(CNC/C=C(/C)C(=O)O)c1. The van der Waals surface area contributed by atoms with Gasteiger partial charge in [-0.1, -0.05) is 18.2 Å². The standard InChI is InChI=1S/C13H17NO3/c1-10(13(15)16)6-7-14-9-11-4-3-5-12(8-11)17-2/h3-6,8,14H,7,9H2,1-2H3,(H,15,16)/b10-6-. The molecule has 0 unspecified atom stereocenters. The molecule has 1 aromatic carbocycles. The molecule has 0 saturated heterocycles. The molecule has 0 atom stereocenters. The van der Waals surface area contributed by atoms with Crippen molar-refractivity contribution in [2.75, 3.05) is 13.7 Å². The van der Waals surface area contributed by atoms with Gasteiger partial charge in [-0.25, -0.2) is 4.79 Å². The lowest BCUT2D eigenvalue weighted by Crippen LogP contribution is -2.14. The molecule has 0 amide bonds. The van der Waals surface area contributed by atoms with E-state index in [0.717, 1.165) is 11.3 Å². The molecular formula is C13H17NO3. The molecule has 0 heterocycles. The van der Waals surface area contributed by atoms with Crippen molar-refractivity contribution in [2.24, 2.45) is 0 Å². The third kappa shape index (κ3) is 4.70. The van der Waals surface area contributed by atoms with Gasteiger partial charge in [-0.3, -0.25) is 0 Å². The van der Waals surface area contributed by atoms with Gasteiger partial charge in [-0.2, -0.15) is 0 Å². The molecule has 4 nitrogen and oxygen atoms in total. The lowest BCUT2D eigenvalue weighted by Gasteiger charge is -2.05. The normalized spacial score (nSPS) is 11.3. The average Bonchev–Trinajstić information content (AvgIpc) is 2.34. The van der Waals surface area contributed by atoms with Crippen molar-refractivity contribution >= 4 is 5.97 Å². The van der Waals surface area contributed by atoms with E-state index in [1.54, 1.807) is 20.1 Å². The molecule has 0 saturated carbocycles. The highest BCUT2D eigenvalue weighted by Gasteiger charge is 1.98. The van der Waals surface area contributed by atoms with Crippen molar-refractivity contribution in [1.82, 2.24) is 5.32 Å². The quantitative estimate of drug-likeness (QED) is 0.583. The number of benzene rings is 1. The van der Waals surface area contributed by atoms with Gasteiger partial charge in [0.2, 0.25) is 0 Å². The second kappa shape index (κ2) is 6.70. The molecule has 1 aromatic rings. The van der Waals surface area contributed by atoms with Crippen molar-refractivity contribution < 1.29 is 14.6 Å². The van der Waals surface area contributed by atoms with Gasteiger partial charge in [-0.15, -0.1) is 0 Å². The van der Waals surface area contributed by atoms with Crippen LogP contribution in [0.3, 0.4) is 0 Å². The van der Waals surface area contributed by atoms with E-state index >= 15 is 0 Å². The van der Waals surface area contributed by atoms with E-state index in [0.29, 0.717) is 18.7 Å². The zero-order valence-electron chi connectivity index (χ0n) is 10.1. The molecule has 0 fully saturated rings. The maximum Gasteiger partial charge on any atom is 0.330 e. The molecule has 2 N–H and O–H groups in total. The predicted molar refractivity (Wildman–Crippen MR) is 66.1 cm³/mol. The third-order valence-electron chi connectivity index (χ3n) is 2.35. The summed E-state index contributed by atoms with van der Waals surface area (Å²) in [7, 11) is 1.63. The van der Waals surface area contributed by atoms with Gasteiger partial charge in [0.1, 0.15) is 5.75 Å². The molecule has 0 aliphatic rings. The molecule has 0 bridgehead atoms. The minimum absolute atomic E-state index is 0.350. The van der Waals surface area contributed by atoms with Crippen LogP contribution in [0.25, 0.3) is 0 Å². The maximum atomic E-state index is 10.5. The number of rotatable bonds is 6. The van der Waals surface area contributed by atoms with Gasteiger partial charge >= 0.3 is 5.97 Å². The van der Waals surface area contributed by atoms with Crippen LogP contribution in [0.4, 0.5) is 0 Å². The highest BCUT2D eigenvalue weighted by Crippen LogP contribution is 2.11. The van der Waals surface area contributed by atoms with E-state index in [-0.39, 0.29) is 0 Å². The van der Waals surface area contributed by atoms with Crippen molar-refractivity contribution in [3.05, 3.63) is 41.5 Å². The molecule has 0 aliphatic carbocycles. The van der Waals surface area contributed by atoms with E-state index in [4.69, 9.17) is 9.84 Å². The Morgan fingerprint density at radius 2 is 2.29 bits per heavy atom. The fourth-order valence-electron chi connectivity index (χ4n) is 1.31. The van der Waals surface area contributed by atoms with Crippen LogP contribution in [-0.2, 0) is 11.3 Å². The summed E-state index contributed by atoms with van der Waals surface area (Å²) in [6, 6.07) is 7.75. The minimum Gasteiger partial charge on any atom is -0.497 e. The number of carbonyl (C=O) groups is 1. The summed E-state index contributed by atoms with van der Waals surface area (Å²) in [6.45, 7) is 2.80. The van der Waals surface area contributed by atoms with Crippen LogP contribution < -0.4 is 10.1 Å². The lowest BCUT2D eigenvalue weighted by atomic mass is 10.2. The summed E-state index contributed by atoms with van der Waals surface area (Å²) in [4.78, 5) is 10.5. The summed E-state index contributed by atoms with van der Waals surface area (Å²) in [5.74, 6) is -0.0604. The Morgan fingerprint density at radius 3 is 2.94 bits per heavy atom. The Morgan fingerprint density at radius 1 is 1.53 bits per heavy atom. The first-order valence-electron chi connectivity index (χ1n) is 5.37.